The molecule has 0 aromatic heterocycles. The summed E-state index contributed by atoms with van der Waals surface area (Å²) >= 11 is 0. The monoisotopic (exact) mass is 249 g/mol. The van der Waals surface area contributed by atoms with E-state index in [0.29, 0.717) is 0 Å². The zero-order chi connectivity index (χ0) is 5.21. The van der Waals surface area contributed by atoms with Gasteiger partial charge in [0.15, 0.2) is 0 Å². The van der Waals surface area contributed by atoms with Crippen LogP contribution in [0, 0.1) is 0 Å². The second-order valence-electron chi connectivity index (χ2n) is 0.749. The number of rotatable bonds is 1. The van der Waals surface area contributed by atoms with Crippen molar-refractivity contribution in [3.63, 3.8) is 0 Å². The third kappa shape index (κ3) is 11.2. The Balaban J connectivity index is 0. The van der Waals surface area contributed by atoms with Crippen LogP contribution >= 0.6 is 0 Å². The van der Waals surface area contributed by atoms with Gasteiger partial charge in [0.25, 0.3) is 10.1 Å². The average molecular weight is 248 g/mol. The molecule has 0 spiro atoms. The van der Waals surface area contributed by atoms with Gasteiger partial charge in [0.05, 0.1) is 0 Å². The van der Waals surface area contributed by atoms with E-state index in [1.807, 2.05) is 0 Å². The van der Waals surface area contributed by atoms with E-state index in [0.717, 1.165) is 0 Å². The Kier molecular flexibility index (Phi) is 6.97. The topological polar surface area (TPSA) is 80.4 Å². The molecule has 0 amide bonds. The molecule has 38 valence electrons. The van der Waals surface area contributed by atoms with E-state index in [4.69, 9.17) is 4.55 Å². The summed E-state index contributed by atoms with van der Waals surface area (Å²) in [5.74, 6) is -0.701. The fourth-order valence-corrected chi connectivity index (χ4v) is 0. The van der Waals surface area contributed by atoms with Gasteiger partial charge in [0, 0.05) is 0 Å². The van der Waals surface area contributed by atoms with Crippen LogP contribution in [0.25, 0.3) is 0 Å². The molecule has 0 saturated carbocycles. The van der Waals surface area contributed by atoms with Crippen molar-refractivity contribution < 1.29 is 13.0 Å². The van der Waals surface area contributed by atoms with Gasteiger partial charge in [0.1, 0.15) is 5.88 Å². The van der Waals surface area contributed by atoms with Gasteiger partial charge in [-0.25, -0.2) is 0 Å². The van der Waals surface area contributed by atoms with Crippen molar-refractivity contribution in [2.75, 3.05) is 5.88 Å². The normalized spacial score (nSPS) is 10.0. The smallest absolute Gasteiger partial charge is 0.316 e. The van der Waals surface area contributed by atoms with Gasteiger partial charge in [0.2, 0.25) is 0 Å². The van der Waals surface area contributed by atoms with Gasteiger partial charge in [-0.05, 0) is 0 Å². The van der Waals surface area contributed by atoms with Gasteiger partial charge in [-0.1, -0.05) is 0 Å². The Bertz CT molecular complexity index is 117. The van der Waals surface area contributed by atoms with Crippen molar-refractivity contribution in [2.45, 2.75) is 0 Å². The van der Waals surface area contributed by atoms with Crippen molar-refractivity contribution in [2.24, 2.45) is 5.73 Å². The van der Waals surface area contributed by atoms with Crippen LogP contribution in [0.4, 0.5) is 0 Å². The molecular weight excluding hydrogens is 243 g/mol. The van der Waals surface area contributed by atoms with Crippen molar-refractivity contribution in [3.05, 3.63) is 0 Å². The molecule has 0 unspecified atom stereocenters. The first kappa shape index (κ1) is 11.3. The molecule has 7 heavy (non-hydrogen) atoms. The first-order valence-corrected chi connectivity index (χ1v) is 2.82. The minimum Gasteiger partial charge on any atom is -0.316 e. The van der Waals surface area contributed by atoms with Gasteiger partial charge in [-0.15, -0.1) is 0 Å². The number of hydrogen-bond acceptors (Lipinski definition) is 3. The molecule has 0 aliphatic heterocycles. The van der Waals surface area contributed by atoms with E-state index in [1.165, 1.54) is 0 Å². The summed E-state index contributed by atoms with van der Waals surface area (Å²) in [6.45, 7) is 0. The van der Waals surface area contributed by atoms with Gasteiger partial charge in [-0.3, -0.25) is 4.55 Å². The molecule has 0 rings (SSSR count). The van der Waals surface area contributed by atoms with Crippen LogP contribution in [-0.2, 0) is 10.1 Å². The predicted octanol–water partition coefficient (Wildman–Crippen LogP) is -1.59. The third-order valence-corrected chi connectivity index (χ3v) is 0.632. The summed E-state index contributed by atoms with van der Waals surface area (Å²) < 4.78 is 26.5. The molecule has 0 aliphatic carbocycles. The van der Waals surface area contributed by atoms with E-state index in [9.17, 15) is 8.42 Å². The Hall–Kier alpha value is 1.44. The van der Waals surface area contributed by atoms with Crippen LogP contribution in [0.3, 0.4) is 0 Å². The predicted molar refractivity (Wildman–Crippen MR) is 26.4 cm³/mol. The summed E-state index contributed by atoms with van der Waals surface area (Å²) in [6, 6.07) is 0. The van der Waals surface area contributed by atoms with Crippen LogP contribution in [0.2, 0.25) is 0 Å². The molecule has 0 saturated heterocycles. The fraction of sp³-hybridized carbons (Fsp3) is 1.00. The largest absolute Gasteiger partial charge is 2.00 e. The van der Waals surface area contributed by atoms with Crippen LogP contribution in [0.5, 0.6) is 0 Å². The summed E-state index contributed by atoms with van der Waals surface area (Å²) in [5, 5.41) is 0. The summed E-state index contributed by atoms with van der Waals surface area (Å²) in [7, 11) is -3.88. The van der Waals surface area contributed by atoms with Crippen LogP contribution in [-0.4, -0.2) is 67.7 Å². The van der Waals surface area contributed by atoms with Gasteiger partial charge >= 0.3 is 48.9 Å². The molecule has 4 nitrogen and oxygen atoms in total. The van der Waals surface area contributed by atoms with E-state index in [2.05, 4.69) is 5.73 Å². The van der Waals surface area contributed by atoms with Gasteiger partial charge < -0.3 is 5.73 Å². The zero-order valence-corrected chi connectivity index (χ0v) is 8.92. The van der Waals surface area contributed by atoms with Crippen molar-refractivity contribution in [1.29, 1.82) is 0 Å². The van der Waals surface area contributed by atoms with E-state index in [1.54, 1.807) is 0 Å². The van der Waals surface area contributed by atoms with Crippen LogP contribution < -0.4 is 5.73 Å². The Labute approximate surface area is 82.3 Å². The summed E-state index contributed by atoms with van der Waals surface area (Å²) in [5.41, 5.74) is 4.47. The maximum Gasteiger partial charge on any atom is 2.00 e. The molecule has 6 heteroatoms. The van der Waals surface area contributed by atoms with E-state index >= 15 is 0 Å². The molecule has 0 heterocycles. The zero-order valence-electron chi connectivity index (χ0n) is 3.66. The molecule has 0 aliphatic rings. The Morgan fingerprint density at radius 1 is 1.57 bits per heavy atom. The summed E-state index contributed by atoms with van der Waals surface area (Å²) in [4.78, 5) is 0. The maximum atomic E-state index is 9.43. The van der Waals surface area contributed by atoms with Crippen molar-refractivity contribution in [1.82, 2.24) is 0 Å². The second kappa shape index (κ2) is 4.33. The second-order valence-corrected chi connectivity index (χ2v) is 2.25. The summed E-state index contributed by atoms with van der Waals surface area (Å²) in [6.07, 6.45) is 0. The number of nitrogens with two attached hydrogens (primary N) is 1. The third-order valence-electron chi connectivity index (χ3n) is 0.211. The van der Waals surface area contributed by atoms with E-state index in [-0.39, 0.29) is 48.9 Å². The molecule has 0 aromatic rings. The molecular formula is CH5BaNO3S+2. The average Bonchev–Trinajstić information content (AvgIpc) is 1.35. The fourth-order valence-electron chi connectivity index (χ4n) is 0. The molecule has 0 bridgehead atoms. The van der Waals surface area contributed by atoms with Crippen LogP contribution in [0.15, 0.2) is 0 Å². The standard InChI is InChI=1S/CH5NO3S.Ba/c2-1-6(3,4)5;/h1-2H2,(H,3,4,5);/q;+2. The SMILES string of the molecule is NCS(=O)(=O)O.[Ba+2]. The van der Waals surface area contributed by atoms with Crippen LogP contribution in [0.1, 0.15) is 0 Å². The first-order valence-electron chi connectivity index (χ1n) is 1.21. The molecule has 0 atom stereocenters. The maximum absolute atomic E-state index is 9.43. The Morgan fingerprint density at radius 2 is 1.71 bits per heavy atom. The minimum atomic E-state index is -3.88. The molecule has 0 aromatic carbocycles. The molecule has 0 radical (unpaired) electrons. The van der Waals surface area contributed by atoms with Gasteiger partial charge in [-0.2, -0.15) is 8.42 Å². The Morgan fingerprint density at radius 3 is 1.71 bits per heavy atom. The van der Waals surface area contributed by atoms with Crippen molar-refractivity contribution >= 4 is 59.0 Å². The van der Waals surface area contributed by atoms with Crippen molar-refractivity contribution in [3.8, 4) is 0 Å². The quantitative estimate of drug-likeness (QED) is 0.433. The molecule has 0 fully saturated rings. The minimum absolute atomic E-state index is 0. The first-order chi connectivity index (χ1) is 2.56. The molecule has 3 N–H and O–H groups in total. The van der Waals surface area contributed by atoms with E-state index < -0.39 is 16.0 Å². The number of hydrogen-bond donors (Lipinski definition) is 2.